The van der Waals surface area contributed by atoms with Gasteiger partial charge in [-0.15, -0.1) is 0 Å². The summed E-state index contributed by atoms with van der Waals surface area (Å²) in [5.74, 6) is 0. The van der Waals surface area contributed by atoms with Gasteiger partial charge in [-0.1, -0.05) is 105 Å². The first-order valence-corrected chi connectivity index (χ1v) is 16.1. The lowest BCUT2D eigenvalue weighted by Gasteiger charge is -2.25. The maximum absolute atomic E-state index is 2.49. The van der Waals surface area contributed by atoms with E-state index in [0.717, 1.165) is 0 Å². The van der Waals surface area contributed by atoms with Crippen molar-refractivity contribution in [2.45, 2.75) is 26.2 Å². The molecule has 5 rings (SSSR count). The van der Waals surface area contributed by atoms with Crippen LogP contribution in [0.25, 0.3) is 22.5 Å². The van der Waals surface area contributed by atoms with Crippen molar-refractivity contribution in [3.8, 4) is 0 Å². The van der Waals surface area contributed by atoms with Gasteiger partial charge in [0.25, 0.3) is 0 Å². The number of hydrogen-bond acceptors (Lipinski definition) is 0. The number of fused-ring (bicyclic) bond motifs is 2. The maximum Gasteiger partial charge on any atom is 0.113 e. The van der Waals surface area contributed by atoms with Gasteiger partial charge in [0.05, 0.1) is 0 Å². The van der Waals surface area contributed by atoms with Crippen molar-refractivity contribution >= 4 is 49.1 Å². The number of benzene rings is 3. The maximum atomic E-state index is 2.49. The fourth-order valence-corrected chi connectivity index (χ4v) is 11.2. The molecule has 2 heterocycles. The third-order valence-electron chi connectivity index (χ3n) is 6.70. The van der Waals surface area contributed by atoms with Gasteiger partial charge in [0.2, 0.25) is 0 Å². The second-order valence-electron chi connectivity index (χ2n) is 9.12. The summed E-state index contributed by atoms with van der Waals surface area (Å²) in [6, 6.07) is 27.3. The molecule has 0 atom stereocenters. The first kappa shape index (κ1) is 17.7. The Morgan fingerprint density at radius 2 is 0.929 bits per heavy atom. The van der Waals surface area contributed by atoms with Gasteiger partial charge in [0.15, 0.2) is 0 Å². The van der Waals surface area contributed by atoms with Crippen molar-refractivity contribution in [3.63, 3.8) is 0 Å². The SMILES string of the molecule is C[Si]1(C)C(c2cccc(C3=Cc4ccccc4[Si]3(C)C)c2)=Cc2ccccc21. The zero-order valence-electron chi connectivity index (χ0n) is 17.1. The predicted octanol–water partition coefficient (Wildman–Crippen LogP) is 5.70. The van der Waals surface area contributed by atoms with Crippen LogP contribution in [-0.2, 0) is 0 Å². The number of rotatable bonds is 2. The summed E-state index contributed by atoms with van der Waals surface area (Å²) in [7, 11) is -3.28. The predicted molar refractivity (Wildman–Crippen MR) is 129 cm³/mol. The lowest BCUT2D eigenvalue weighted by atomic mass is 10.1. The Balaban J connectivity index is 1.60. The zero-order chi connectivity index (χ0) is 19.5. The first-order chi connectivity index (χ1) is 13.4. The third-order valence-corrected chi connectivity index (χ3v) is 13.9. The molecule has 0 bridgehead atoms. The van der Waals surface area contributed by atoms with Crippen molar-refractivity contribution in [2.24, 2.45) is 0 Å². The van der Waals surface area contributed by atoms with Gasteiger partial charge in [-0.25, -0.2) is 0 Å². The van der Waals surface area contributed by atoms with Crippen LogP contribution in [0.2, 0.25) is 26.2 Å². The molecule has 2 aliphatic heterocycles. The molecule has 0 N–H and O–H groups in total. The fraction of sp³-hybridized carbons (Fsp3) is 0.154. The molecule has 0 amide bonds. The lowest BCUT2D eigenvalue weighted by Crippen LogP contribution is -2.41. The highest BCUT2D eigenvalue weighted by atomic mass is 28.3. The molecule has 0 unspecified atom stereocenters. The van der Waals surface area contributed by atoms with E-state index in [1.54, 1.807) is 20.8 Å². The Kier molecular flexibility index (Phi) is 3.81. The van der Waals surface area contributed by atoms with Gasteiger partial charge in [0, 0.05) is 0 Å². The molecule has 0 saturated heterocycles. The van der Waals surface area contributed by atoms with Crippen LogP contribution >= 0.6 is 0 Å². The number of hydrogen-bond donors (Lipinski definition) is 0. The quantitative estimate of drug-likeness (QED) is 0.489. The smallest absolute Gasteiger partial charge is 0.0623 e. The van der Waals surface area contributed by atoms with E-state index in [4.69, 9.17) is 0 Å². The first-order valence-electron chi connectivity index (χ1n) is 10.1. The topological polar surface area (TPSA) is 0 Å². The van der Waals surface area contributed by atoms with Crippen LogP contribution in [0.5, 0.6) is 0 Å². The normalized spacial score (nSPS) is 18.3. The molecule has 138 valence electrons. The van der Waals surface area contributed by atoms with Gasteiger partial charge in [-0.3, -0.25) is 0 Å². The van der Waals surface area contributed by atoms with Gasteiger partial charge in [-0.2, -0.15) is 0 Å². The molecule has 28 heavy (non-hydrogen) atoms. The highest BCUT2D eigenvalue weighted by molar-refractivity contribution is 7.08. The minimum atomic E-state index is -1.64. The Morgan fingerprint density at radius 3 is 1.36 bits per heavy atom. The van der Waals surface area contributed by atoms with E-state index in [9.17, 15) is 0 Å². The van der Waals surface area contributed by atoms with Crippen molar-refractivity contribution < 1.29 is 0 Å². The summed E-state index contributed by atoms with van der Waals surface area (Å²) in [5.41, 5.74) is 5.66. The molecule has 0 fully saturated rings. The molecule has 0 spiro atoms. The molecule has 0 radical (unpaired) electrons. The molecule has 3 aromatic carbocycles. The highest BCUT2D eigenvalue weighted by Gasteiger charge is 2.37. The summed E-state index contributed by atoms with van der Waals surface area (Å²) in [6.07, 6.45) is 4.89. The molecule has 2 aliphatic rings. The van der Waals surface area contributed by atoms with Crippen LogP contribution in [-0.4, -0.2) is 16.1 Å². The highest BCUT2D eigenvalue weighted by Crippen LogP contribution is 2.38. The van der Waals surface area contributed by atoms with E-state index in [-0.39, 0.29) is 0 Å². The monoisotopic (exact) mass is 394 g/mol. The van der Waals surface area contributed by atoms with Gasteiger partial charge in [-0.05, 0) is 49.1 Å². The van der Waals surface area contributed by atoms with Gasteiger partial charge >= 0.3 is 0 Å². The Bertz CT molecular complexity index is 1070. The molecule has 0 nitrogen and oxygen atoms in total. The third kappa shape index (κ3) is 2.48. The van der Waals surface area contributed by atoms with E-state index in [1.165, 1.54) is 22.3 Å². The molecule has 0 aliphatic carbocycles. The van der Waals surface area contributed by atoms with Crippen molar-refractivity contribution in [1.29, 1.82) is 0 Å². The van der Waals surface area contributed by atoms with Crippen LogP contribution in [0.1, 0.15) is 22.3 Å². The summed E-state index contributed by atoms with van der Waals surface area (Å²) in [4.78, 5) is 0. The van der Waals surface area contributed by atoms with Crippen molar-refractivity contribution in [3.05, 3.63) is 95.1 Å². The van der Waals surface area contributed by atoms with Crippen LogP contribution in [0.4, 0.5) is 0 Å². The van der Waals surface area contributed by atoms with Crippen LogP contribution in [0.3, 0.4) is 0 Å². The zero-order valence-corrected chi connectivity index (χ0v) is 19.1. The Labute approximate surface area is 170 Å². The Morgan fingerprint density at radius 1 is 0.500 bits per heavy atom. The second kappa shape index (κ2) is 6.03. The van der Waals surface area contributed by atoms with E-state index in [0.29, 0.717) is 0 Å². The molecule has 0 aromatic heterocycles. The van der Waals surface area contributed by atoms with Crippen LogP contribution in [0, 0.1) is 0 Å². The van der Waals surface area contributed by atoms with Crippen molar-refractivity contribution in [2.75, 3.05) is 0 Å². The average Bonchev–Trinajstić information content (AvgIpc) is 3.13. The summed E-state index contributed by atoms with van der Waals surface area (Å²) < 4.78 is 0. The standard InChI is InChI=1S/C26H26Si2/c1-27(2)23-14-7-5-10-21(23)17-25(27)19-12-9-13-20(16-19)26-18-22-11-6-8-15-24(22)28(26,3)4/h5-18H,1-4H3. The summed E-state index contributed by atoms with van der Waals surface area (Å²) in [5, 5.41) is 6.26. The fourth-order valence-electron chi connectivity index (χ4n) is 5.09. The van der Waals surface area contributed by atoms with Crippen LogP contribution in [0.15, 0.2) is 72.8 Å². The minimum absolute atomic E-state index is 1.41. The summed E-state index contributed by atoms with van der Waals surface area (Å²) >= 11 is 0. The molecule has 3 aromatic rings. The van der Waals surface area contributed by atoms with E-state index < -0.39 is 16.1 Å². The molecular weight excluding hydrogens is 368 g/mol. The van der Waals surface area contributed by atoms with E-state index in [1.807, 2.05) is 0 Å². The van der Waals surface area contributed by atoms with Crippen molar-refractivity contribution in [1.82, 2.24) is 0 Å². The largest absolute Gasteiger partial charge is 0.113 e. The van der Waals surface area contributed by atoms with Crippen LogP contribution < -0.4 is 10.4 Å². The molecule has 0 saturated carbocycles. The molecular formula is C26H26Si2. The second-order valence-corrected chi connectivity index (χ2v) is 17.8. The summed E-state index contributed by atoms with van der Waals surface area (Å²) in [6.45, 7) is 9.95. The van der Waals surface area contributed by atoms with Gasteiger partial charge < -0.3 is 0 Å². The van der Waals surface area contributed by atoms with Gasteiger partial charge in [0.1, 0.15) is 16.1 Å². The minimum Gasteiger partial charge on any atom is -0.0623 e. The molecule has 2 heteroatoms. The van der Waals surface area contributed by atoms with E-state index >= 15 is 0 Å². The lowest BCUT2D eigenvalue weighted by molar-refractivity contribution is 1.59. The average molecular weight is 395 g/mol. The Hall–Kier alpha value is -2.43. The van der Waals surface area contributed by atoms with E-state index in [2.05, 4.69) is 111 Å².